The van der Waals surface area contributed by atoms with E-state index in [1.807, 2.05) is 12.1 Å². The molecule has 1 saturated heterocycles. The van der Waals surface area contributed by atoms with E-state index in [1.165, 1.54) is 24.8 Å². The van der Waals surface area contributed by atoms with E-state index in [1.54, 1.807) is 12.1 Å². The molecule has 1 saturated carbocycles. The van der Waals surface area contributed by atoms with Crippen LogP contribution in [0.1, 0.15) is 44.6 Å². The molecule has 2 fully saturated rings. The Hall–Kier alpha value is -1.58. The van der Waals surface area contributed by atoms with Gasteiger partial charge in [0.15, 0.2) is 5.96 Å². The predicted molar refractivity (Wildman–Crippen MR) is 88.4 cm³/mol. The topological polar surface area (TPSA) is 41.6 Å². The van der Waals surface area contributed by atoms with Crippen molar-refractivity contribution in [1.29, 1.82) is 0 Å². The second-order valence-electron chi connectivity index (χ2n) is 7.01. The van der Waals surface area contributed by atoms with Crippen molar-refractivity contribution in [1.82, 2.24) is 4.90 Å². The van der Waals surface area contributed by atoms with Crippen molar-refractivity contribution in [2.24, 2.45) is 16.6 Å². The maximum absolute atomic E-state index is 13.1. The number of nitrogens with two attached hydrogens (primary N) is 1. The van der Waals surface area contributed by atoms with E-state index >= 15 is 0 Å². The van der Waals surface area contributed by atoms with Crippen LogP contribution in [-0.2, 0) is 5.41 Å². The Morgan fingerprint density at radius 1 is 1.32 bits per heavy atom. The minimum absolute atomic E-state index is 0.0692. The molecule has 1 heterocycles. The third kappa shape index (κ3) is 3.11. The molecule has 120 valence electrons. The first kappa shape index (κ1) is 15.3. The van der Waals surface area contributed by atoms with Crippen molar-refractivity contribution in [3.8, 4) is 0 Å². The van der Waals surface area contributed by atoms with Crippen molar-refractivity contribution in [2.75, 3.05) is 19.6 Å². The van der Waals surface area contributed by atoms with Crippen LogP contribution < -0.4 is 5.73 Å². The molecule has 1 aromatic carbocycles. The SMILES string of the molecule is CC1CCCN(C(N)=NCC2(c3ccc(F)cc3)CCC2)C1. The van der Waals surface area contributed by atoms with E-state index in [4.69, 9.17) is 10.7 Å². The summed E-state index contributed by atoms with van der Waals surface area (Å²) in [6, 6.07) is 6.91. The average Bonchev–Trinajstić information content (AvgIpc) is 2.47. The van der Waals surface area contributed by atoms with E-state index in [-0.39, 0.29) is 11.2 Å². The van der Waals surface area contributed by atoms with Gasteiger partial charge >= 0.3 is 0 Å². The maximum atomic E-state index is 13.1. The molecule has 3 nitrogen and oxygen atoms in total. The minimum Gasteiger partial charge on any atom is -0.370 e. The molecule has 1 atom stereocenters. The number of piperidine rings is 1. The standard InChI is InChI=1S/C18H26FN3/c1-14-4-2-11-22(12-14)17(20)21-13-18(9-3-10-18)15-5-7-16(19)8-6-15/h5-8,14H,2-4,9-13H2,1H3,(H2,20,21). The van der Waals surface area contributed by atoms with E-state index < -0.39 is 0 Å². The summed E-state index contributed by atoms with van der Waals surface area (Å²) < 4.78 is 13.1. The van der Waals surface area contributed by atoms with Gasteiger partial charge < -0.3 is 10.6 Å². The Morgan fingerprint density at radius 2 is 2.05 bits per heavy atom. The highest BCUT2D eigenvalue weighted by Crippen LogP contribution is 2.44. The van der Waals surface area contributed by atoms with Crippen LogP contribution in [0.15, 0.2) is 29.3 Å². The first-order chi connectivity index (χ1) is 10.6. The van der Waals surface area contributed by atoms with Crippen LogP contribution in [0.25, 0.3) is 0 Å². The quantitative estimate of drug-likeness (QED) is 0.687. The highest BCUT2D eigenvalue weighted by Gasteiger charge is 2.38. The summed E-state index contributed by atoms with van der Waals surface area (Å²) in [6.07, 6.45) is 5.93. The van der Waals surface area contributed by atoms with Gasteiger partial charge in [-0.1, -0.05) is 25.5 Å². The lowest BCUT2D eigenvalue weighted by Gasteiger charge is -2.41. The van der Waals surface area contributed by atoms with Crippen LogP contribution in [0.5, 0.6) is 0 Å². The molecule has 0 aromatic heterocycles. The summed E-state index contributed by atoms with van der Waals surface area (Å²) in [5, 5.41) is 0. The van der Waals surface area contributed by atoms with Gasteiger partial charge in [0.2, 0.25) is 0 Å². The van der Waals surface area contributed by atoms with Crippen molar-refractivity contribution in [2.45, 2.75) is 44.4 Å². The van der Waals surface area contributed by atoms with Gasteiger partial charge in [0, 0.05) is 18.5 Å². The maximum Gasteiger partial charge on any atom is 0.191 e. The Kier molecular flexibility index (Phi) is 4.37. The highest BCUT2D eigenvalue weighted by molar-refractivity contribution is 5.78. The summed E-state index contributed by atoms with van der Waals surface area (Å²) in [4.78, 5) is 6.92. The fraction of sp³-hybridized carbons (Fsp3) is 0.611. The molecular formula is C18H26FN3. The first-order valence-electron chi connectivity index (χ1n) is 8.40. The second-order valence-corrected chi connectivity index (χ2v) is 7.01. The second kappa shape index (κ2) is 6.27. The zero-order chi connectivity index (χ0) is 15.6. The number of halogens is 1. The summed E-state index contributed by atoms with van der Waals surface area (Å²) in [5.41, 5.74) is 7.48. The van der Waals surface area contributed by atoms with Gasteiger partial charge in [-0.15, -0.1) is 0 Å². The van der Waals surface area contributed by atoms with Gasteiger partial charge in [-0.3, -0.25) is 4.99 Å². The van der Waals surface area contributed by atoms with Crippen molar-refractivity contribution < 1.29 is 4.39 Å². The van der Waals surface area contributed by atoms with E-state index in [9.17, 15) is 4.39 Å². The molecule has 0 spiro atoms. The predicted octanol–water partition coefficient (Wildman–Crippen LogP) is 3.29. The minimum atomic E-state index is -0.177. The molecule has 1 unspecified atom stereocenters. The largest absolute Gasteiger partial charge is 0.370 e. The third-order valence-corrected chi connectivity index (χ3v) is 5.29. The molecule has 2 N–H and O–H groups in total. The number of rotatable bonds is 3. The lowest BCUT2D eigenvalue weighted by Crippen LogP contribution is -2.45. The van der Waals surface area contributed by atoms with Crippen LogP contribution in [-0.4, -0.2) is 30.5 Å². The van der Waals surface area contributed by atoms with Crippen molar-refractivity contribution in [3.05, 3.63) is 35.6 Å². The molecule has 1 aliphatic carbocycles. The Morgan fingerprint density at radius 3 is 2.64 bits per heavy atom. The molecule has 1 aromatic rings. The fourth-order valence-corrected chi connectivity index (χ4v) is 3.67. The summed E-state index contributed by atoms with van der Waals surface area (Å²) >= 11 is 0. The van der Waals surface area contributed by atoms with E-state index in [2.05, 4.69) is 11.8 Å². The summed E-state index contributed by atoms with van der Waals surface area (Å²) in [7, 11) is 0. The number of aliphatic imine (C=N–C) groups is 1. The number of benzene rings is 1. The summed E-state index contributed by atoms with van der Waals surface area (Å²) in [6.45, 7) is 5.02. The molecular weight excluding hydrogens is 277 g/mol. The molecule has 3 rings (SSSR count). The first-order valence-corrected chi connectivity index (χ1v) is 8.40. The van der Waals surface area contributed by atoms with Crippen LogP contribution in [0.3, 0.4) is 0 Å². The van der Waals surface area contributed by atoms with E-state index in [0.717, 1.165) is 32.5 Å². The van der Waals surface area contributed by atoms with Crippen molar-refractivity contribution >= 4 is 5.96 Å². The van der Waals surface area contributed by atoms with Gasteiger partial charge in [-0.05, 0) is 49.3 Å². The number of hydrogen-bond donors (Lipinski definition) is 1. The summed E-state index contributed by atoms with van der Waals surface area (Å²) in [5.74, 6) is 1.20. The Bertz CT molecular complexity index is 534. The zero-order valence-corrected chi connectivity index (χ0v) is 13.4. The Labute approximate surface area is 132 Å². The van der Waals surface area contributed by atoms with Crippen LogP contribution in [0.4, 0.5) is 4.39 Å². The van der Waals surface area contributed by atoms with Crippen molar-refractivity contribution in [3.63, 3.8) is 0 Å². The lowest BCUT2D eigenvalue weighted by atomic mass is 9.64. The number of guanidine groups is 1. The van der Waals surface area contributed by atoms with Crippen LogP contribution in [0.2, 0.25) is 0 Å². The normalized spacial score (nSPS) is 24.9. The van der Waals surface area contributed by atoms with Gasteiger partial charge in [0.05, 0.1) is 6.54 Å². The third-order valence-electron chi connectivity index (χ3n) is 5.29. The zero-order valence-electron chi connectivity index (χ0n) is 13.4. The molecule has 2 aliphatic rings. The molecule has 1 aliphatic heterocycles. The Balaban J connectivity index is 1.70. The van der Waals surface area contributed by atoms with Crippen LogP contribution in [0, 0.1) is 11.7 Å². The fourth-order valence-electron chi connectivity index (χ4n) is 3.67. The molecule has 0 amide bonds. The lowest BCUT2D eigenvalue weighted by molar-refractivity contribution is 0.246. The smallest absolute Gasteiger partial charge is 0.191 e. The van der Waals surface area contributed by atoms with Crippen LogP contribution >= 0.6 is 0 Å². The number of nitrogens with zero attached hydrogens (tertiary/aromatic N) is 2. The van der Waals surface area contributed by atoms with Gasteiger partial charge in [0.1, 0.15) is 5.82 Å². The monoisotopic (exact) mass is 303 g/mol. The molecule has 0 radical (unpaired) electrons. The van der Waals surface area contributed by atoms with E-state index in [0.29, 0.717) is 11.9 Å². The van der Waals surface area contributed by atoms with Gasteiger partial charge in [0.25, 0.3) is 0 Å². The number of likely N-dealkylation sites (tertiary alicyclic amines) is 1. The molecule has 0 bridgehead atoms. The molecule has 4 heteroatoms. The van der Waals surface area contributed by atoms with Gasteiger partial charge in [-0.25, -0.2) is 4.39 Å². The molecule has 22 heavy (non-hydrogen) atoms. The highest BCUT2D eigenvalue weighted by atomic mass is 19.1. The average molecular weight is 303 g/mol. The number of hydrogen-bond acceptors (Lipinski definition) is 1. The van der Waals surface area contributed by atoms with Gasteiger partial charge in [-0.2, -0.15) is 0 Å².